The predicted molar refractivity (Wildman–Crippen MR) is 108 cm³/mol. The molecule has 2 aromatic heterocycles. The highest BCUT2D eigenvalue weighted by Crippen LogP contribution is 2.33. The zero-order valence-corrected chi connectivity index (χ0v) is 16.9. The molecule has 3 aromatic rings. The molecule has 1 aromatic carbocycles. The lowest BCUT2D eigenvalue weighted by molar-refractivity contribution is 0.0971. The number of hydrogen-bond acceptors (Lipinski definition) is 6. The van der Waals surface area contributed by atoms with Gasteiger partial charge in [0, 0.05) is 19.5 Å². The summed E-state index contributed by atoms with van der Waals surface area (Å²) in [6.07, 6.45) is 2.71. The second-order valence-electron chi connectivity index (χ2n) is 6.89. The monoisotopic (exact) mass is 404 g/mol. The van der Waals surface area contributed by atoms with E-state index in [9.17, 15) is 4.79 Å². The van der Waals surface area contributed by atoms with E-state index in [0.717, 1.165) is 48.4 Å². The molecule has 0 saturated carbocycles. The normalized spacial score (nSPS) is 13.5. The Morgan fingerprint density at radius 2 is 2.15 bits per heavy atom. The molecule has 0 aliphatic carbocycles. The number of anilines is 1. The van der Waals surface area contributed by atoms with E-state index in [0.29, 0.717) is 22.5 Å². The zero-order chi connectivity index (χ0) is 19.0. The van der Waals surface area contributed by atoms with Crippen LogP contribution in [-0.2, 0) is 13.0 Å². The molecular formula is C18H21ClN6OS. The molecule has 1 aliphatic rings. The van der Waals surface area contributed by atoms with Gasteiger partial charge in [0.1, 0.15) is 11.3 Å². The molecule has 0 radical (unpaired) electrons. The van der Waals surface area contributed by atoms with Crippen molar-refractivity contribution in [3.63, 3.8) is 0 Å². The van der Waals surface area contributed by atoms with Crippen molar-refractivity contribution >= 4 is 44.2 Å². The number of benzene rings is 1. The molecule has 0 saturated heterocycles. The van der Waals surface area contributed by atoms with Crippen LogP contribution in [0.15, 0.2) is 18.2 Å². The third-order valence-electron chi connectivity index (χ3n) is 4.62. The van der Waals surface area contributed by atoms with Crippen LogP contribution < -0.4 is 4.90 Å². The second-order valence-corrected chi connectivity index (χ2v) is 8.31. The number of fused-ring (bicyclic) bond motifs is 2. The zero-order valence-electron chi connectivity index (χ0n) is 15.4. The number of nitrogens with zero attached hydrogens (tertiary/aromatic N) is 6. The van der Waals surface area contributed by atoms with Gasteiger partial charge in [0.15, 0.2) is 5.13 Å². The largest absolute Gasteiger partial charge is 0.309 e. The van der Waals surface area contributed by atoms with E-state index >= 15 is 0 Å². The van der Waals surface area contributed by atoms with Crippen LogP contribution in [0, 0.1) is 0 Å². The number of halogens is 1. The maximum Gasteiger partial charge on any atom is 0.298 e. The number of rotatable bonds is 6. The second kappa shape index (κ2) is 7.53. The third kappa shape index (κ3) is 3.56. The van der Waals surface area contributed by atoms with Crippen molar-refractivity contribution in [2.75, 3.05) is 32.1 Å². The Labute approximate surface area is 166 Å². The van der Waals surface area contributed by atoms with E-state index in [1.165, 1.54) is 11.3 Å². The van der Waals surface area contributed by atoms with Crippen molar-refractivity contribution in [2.24, 2.45) is 0 Å². The summed E-state index contributed by atoms with van der Waals surface area (Å²) >= 11 is 7.76. The summed E-state index contributed by atoms with van der Waals surface area (Å²) in [5.74, 6) is 1.14. The van der Waals surface area contributed by atoms with Crippen molar-refractivity contribution in [2.45, 2.75) is 25.8 Å². The first-order valence-electron chi connectivity index (χ1n) is 8.98. The number of thiazole rings is 1. The van der Waals surface area contributed by atoms with Crippen LogP contribution in [-0.4, -0.2) is 57.7 Å². The van der Waals surface area contributed by atoms with Gasteiger partial charge in [0.05, 0.1) is 9.72 Å². The molecule has 0 spiro atoms. The van der Waals surface area contributed by atoms with E-state index in [1.807, 2.05) is 36.9 Å². The van der Waals surface area contributed by atoms with Gasteiger partial charge in [-0.15, -0.1) is 10.2 Å². The van der Waals surface area contributed by atoms with Gasteiger partial charge in [-0.1, -0.05) is 29.0 Å². The summed E-state index contributed by atoms with van der Waals surface area (Å²) in [6, 6.07) is 5.69. The molecule has 0 N–H and O–H groups in total. The Hall–Kier alpha value is -2.03. The van der Waals surface area contributed by atoms with E-state index < -0.39 is 0 Å². The van der Waals surface area contributed by atoms with Crippen LogP contribution in [0.5, 0.6) is 0 Å². The third-order valence-corrected chi connectivity index (χ3v) is 5.97. The van der Waals surface area contributed by atoms with Gasteiger partial charge in [0.25, 0.3) is 5.91 Å². The SMILES string of the molecule is CN(C)CCCN(C(=O)c1nnc2n1CCC2)c1nc2c(Cl)cccc2s1. The Morgan fingerprint density at radius 1 is 1.30 bits per heavy atom. The summed E-state index contributed by atoms with van der Waals surface area (Å²) in [4.78, 5) is 21.8. The average Bonchev–Trinajstić information content (AvgIpc) is 3.33. The number of carbonyl (C=O) groups excluding carboxylic acids is 1. The van der Waals surface area contributed by atoms with Gasteiger partial charge in [-0.05, 0) is 45.6 Å². The highest BCUT2D eigenvalue weighted by atomic mass is 35.5. The number of hydrogen-bond donors (Lipinski definition) is 0. The molecule has 0 fully saturated rings. The molecule has 0 atom stereocenters. The van der Waals surface area contributed by atoms with E-state index in [1.54, 1.807) is 4.90 Å². The molecule has 7 nitrogen and oxygen atoms in total. The van der Waals surface area contributed by atoms with Crippen LogP contribution >= 0.6 is 22.9 Å². The molecule has 27 heavy (non-hydrogen) atoms. The lowest BCUT2D eigenvalue weighted by atomic mass is 10.3. The summed E-state index contributed by atoms with van der Waals surface area (Å²) < 4.78 is 2.90. The van der Waals surface area contributed by atoms with Crippen LogP contribution in [0.1, 0.15) is 29.3 Å². The summed E-state index contributed by atoms with van der Waals surface area (Å²) in [5.41, 5.74) is 0.732. The van der Waals surface area contributed by atoms with Gasteiger partial charge in [-0.2, -0.15) is 0 Å². The number of aromatic nitrogens is 4. The number of aryl methyl sites for hydroxylation is 1. The van der Waals surface area contributed by atoms with Crippen LogP contribution in [0.4, 0.5) is 5.13 Å². The number of carbonyl (C=O) groups is 1. The van der Waals surface area contributed by atoms with Crippen LogP contribution in [0.25, 0.3) is 10.2 Å². The minimum Gasteiger partial charge on any atom is -0.309 e. The molecule has 142 valence electrons. The molecule has 4 rings (SSSR count). The van der Waals surface area contributed by atoms with Crippen molar-refractivity contribution < 1.29 is 4.79 Å². The first-order valence-corrected chi connectivity index (χ1v) is 10.2. The minimum absolute atomic E-state index is 0.149. The quantitative estimate of drug-likeness (QED) is 0.631. The highest BCUT2D eigenvalue weighted by Gasteiger charge is 2.28. The topological polar surface area (TPSA) is 67.2 Å². The Morgan fingerprint density at radius 3 is 2.93 bits per heavy atom. The molecule has 9 heteroatoms. The van der Waals surface area contributed by atoms with Crippen LogP contribution in [0.2, 0.25) is 5.02 Å². The molecular weight excluding hydrogens is 384 g/mol. The fourth-order valence-electron chi connectivity index (χ4n) is 3.28. The summed E-state index contributed by atoms with van der Waals surface area (Å²) in [6.45, 7) is 2.24. The lowest BCUT2D eigenvalue weighted by Crippen LogP contribution is -2.35. The van der Waals surface area contributed by atoms with Gasteiger partial charge in [-0.3, -0.25) is 9.69 Å². The maximum absolute atomic E-state index is 13.3. The summed E-state index contributed by atoms with van der Waals surface area (Å²) in [7, 11) is 4.05. The van der Waals surface area contributed by atoms with E-state index in [4.69, 9.17) is 11.6 Å². The molecule has 1 amide bonds. The smallest absolute Gasteiger partial charge is 0.298 e. The van der Waals surface area contributed by atoms with Crippen molar-refractivity contribution in [1.29, 1.82) is 0 Å². The number of amides is 1. The van der Waals surface area contributed by atoms with Gasteiger partial charge in [-0.25, -0.2) is 4.98 Å². The Bertz CT molecular complexity index is 982. The first-order chi connectivity index (χ1) is 13.0. The Kier molecular flexibility index (Phi) is 5.12. The average molecular weight is 405 g/mol. The van der Waals surface area contributed by atoms with Gasteiger partial charge < -0.3 is 9.47 Å². The number of para-hydroxylation sites is 1. The molecule has 0 bridgehead atoms. The van der Waals surface area contributed by atoms with Crippen molar-refractivity contribution in [1.82, 2.24) is 24.6 Å². The van der Waals surface area contributed by atoms with Gasteiger partial charge >= 0.3 is 0 Å². The van der Waals surface area contributed by atoms with Crippen LogP contribution in [0.3, 0.4) is 0 Å². The van der Waals surface area contributed by atoms with E-state index in [-0.39, 0.29) is 5.91 Å². The minimum atomic E-state index is -0.149. The van der Waals surface area contributed by atoms with Gasteiger partial charge in [0.2, 0.25) is 5.82 Å². The van der Waals surface area contributed by atoms with E-state index in [2.05, 4.69) is 20.1 Å². The standard InChI is InChI=1S/C18H21ClN6OS/c1-23(2)9-5-11-25(17(26)16-22-21-14-8-4-10-24(14)16)18-20-15-12(19)6-3-7-13(15)27-18/h3,6-7H,4-5,8-11H2,1-2H3. The van der Waals surface area contributed by atoms with Crippen molar-refractivity contribution in [3.8, 4) is 0 Å². The fourth-order valence-corrected chi connectivity index (χ4v) is 4.57. The molecule has 1 aliphatic heterocycles. The first kappa shape index (κ1) is 18.3. The highest BCUT2D eigenvalue weighted by molar-refractivity contribution is 7.22. The lowest BCUT2D eigenvalue weighted by Gasteiger charge is -2.20. The Balaban J connectivity index is 1.69. The predicted octanol–water partition coefficient (Wildman–Crippen LogP) is 3.09. The summed E-state index contributed by atoms with van der Waals surface area (Å²) in [5, 5.41) is 9.59. The van der Waals surface area contributed by atoms with Crippen molar-refractivity contribution in [3.05, 3.63) is 34.9 Å². The fraction of sp³-hybridized carbons (Fsp3) is 0.444. The molecule has 3 heterocycles. The maximum atomic E-state index is 13.3. The molecule has 0 unspecified atom stereocenters.